The molecule has 7 nitrogen and oxygen atoms in total. The lowest BCUT2D eigenvalue weighted by molar-refractivity contribution is -0.0178. The summed E-state index contributed by atoms with van der Waals surface area (Å²) in [5.41, 5.74) is 0. The van der Waals surface area contributed by atoms with E-state index < -0.39 is 16.1 Å². The summed E-state index contributed by atoms with van der Waals surface area (Å²) in [6.45, 7) is 6.59. The highest BCUT2D eigenvalue weighted by Crippen LogP contribution is 2.29. The summed E-state index contributed by atoms with van der Waals surface area (Å²) < 4.78 is 38.4. The Labute approximate surface area is 139 Å². The van der Waals surface area contributed by atoms with Crippen LogP contribution in [0, 0.1) is 6.92 Å². The fourth-order valence-electron chi connectivity index (χ4n) is 2.28. The van der Waals surface area contributed by atoms with Crippen LogP contribution in [-0.4, -0.2) is 42.6 Å². The molecule has 1 saturated heterocycles. The molecular weight excluding hydrogens is 338 g/mol. The Hall–Kier alpha value is -1.29. The van der Waals surface area contributed by atoms with Gasteiger partial charge in [0.05, 0.1) is 6.61 Å². The summed E-state index contributed by atoms with van der Waals surface area (Å²) >= 11 is 1.27. The van der Waals surface area contributed by atoms with Gasteiger partial charge in [0.1, 0.15) is 10.3 Å². The van der Waals surface area contributed by atoms with Crippen molar-refractivity contribution < 1.29 is 17.6 Å². The van der Waals surface area contributed by atoms with Crippen LogP contribution in [0.5, 0.6) is 0 Å². The number of hydrogen-bond acceptors (Lipinski definition) is 7. The van der Waals surface area contributed by atoms with E-state index in [-0.39, 0.29) is 12.5 Å². The first-order valence-electron chi connectivity index (χ1n) is 7.39. The summed E-state index contributed by atoms with van der Waals surface area (Å²) in [5, 5.41) is 7.97. The quantitative estimate of drug-likeness (QED) is 0.835. The van der Waals surface area contributed by atoms with Crippen LogP contribution < -0.4 is 0 Å². The number of rotatable bonds is 4. The van der Waals surface area contributed by atoms with E-state index in [2.05, 4.69) is 10.2 Å². The number of aryl methyl sites for hydroxylation is 1. The normalized spacial score (nSPS) is 20.3. The van der Waals surface area contributed by atoms with Crippen LogP contribution >= 0.6 is 11.3 Å². The van der Waals surface area contributed by atoms with E-state index >= 15 is 0 Å². The molecule has 2 aromatic heterocycles. The van der Waals surface area contributed by atoms with Crippen molar-refractivity contribution in [1.82, 2.24) is 14.5 Å². The minimum atomic E-state index is -3.51. The van der Waals surface area contributed by atoms with Gasteiger partial charge < -0.3 is 9.15 Å². The first-order chi connectivity index (χ1) is 10.9. The second-order valence-electron chi connectivity index (χ2n) is 5.72. The molecule has 3 rings (SSSR count). The highest BCUT2D eigenvalue weighted by Gasteiger charge is 2.34. The number of hydrogen-bond donors (Lipinski definition) is 0. The number of nitrogens with zero attached hydrogens (tertiary/aromatic N) is 3. The SMILES string of the molecule is Cc1ccc(S(=O)(=O)N2CCOC(c3nnc(C(C)C)o3)C2)s1. The van der Waals surface area contributed by atoms with Gasteiger partial charge in [0.2, 0.25) is 11.8 Å². The molecule has 1 fully saturated rings. The van der Waals surface area contributed by atoms with E-state index in [4.69, 9.17) is 9.15 Å². The van der Waals surface area contributed by atoms with Crippen LogP contribution in [0.25, 0.3) is 0 Å². The van der Waals surface area contributed by atoms with Gasteiger partial charge in [-0.2, -0.15) is 4.31 Å². The zero-order valence-corrected chi connectivity index (χ0v) is 14.9. The van der Waals surface area contributed by atoms with Crippen molar-refractivity contribution in [3.63, 3.8) is 0 Å². The van der Waals surface area contributed by atoms with E-state index in [1.807, 2.05) is 26.8 Å². The number of thiophene rings is 1. The fourth-order valence-corrected chi connectivity index (χ4v) is 5.14. The number of ether oxygens (including phenoxy) is 1. The van der Waals surface area contributed by atoms with Crippen molar-refractivity contribution in [2.24, 2.45) is 0 Å². The summed E-state index contributed by atoms with van der Waals surface area (Å²) in [6, 6.07) is 3.45. The highest BCUT2D eigenvalue weighted by molar-refractivity contribution is 7.91. The molecule has 0 radical (unpaired) electrons. The molecule has 0 amide bonds. The monoisotopic (exact) mass is 357 g/mol. The first kappa shape index (κ1) is 16.6. The van der Waals surface area contributed by atoms with Gasteiger partial charge in [0, 0.05) is 23.9 Å². The molecule has 23 heavy (non-hydrogen) atoms. The maximum atomic E-state index is 12.7. The van der Waals surface area contributed by atoms with Crippen molar-refractivity contribution in [2.45, 2.75) is 37.0 Å². The predicted molar refractivity (Wildman–Crippen MR) is 84.9 cm³/mol. The Kier molecular flexibility index (Phi) is 4.54. The van der Waals surface area contributed by atoms with E-state index in [0.717, 1.165) is 4.88 Å². The average Bonchev–Trinajstić information content (AvgIpc) is 3.16. The topological polar surface area (TPSA) is 85.5 Å². The van der Waals surface area contributed by atoms with Crippen molar-refractivity contribution in [3.8, 4) is 0 Å². The van der Waals surface area contributed by atoms with E-state index in [1.54, 1.807) is 6.07 Å². The Balaban J connectivity index is 1.80. The zero-order valence-electron chi connectivity index (χ0n) is 13.2. The third-order valence-corrected chi connectivity index (χ3v) is 6.90. The van der Waals surface area contributed by atoms with Crippen LogP contribution in [0.1, 0.15) is 42.5 Å². The lowest BCUT2D eigenvalue weighted by atomic mass is 10.2. The second kappa shape index (κ2) is 6.31. The van der Waals surface area contributed by atoms with Gasteiger partial charge in [0.15, 0.2) is 0 Å². The minimum absolute atomic E-state index is 0.119. The van der Waals surface area contributed by atoms with Crippen LogP contribution in [0.4, 0.5) is 0 Å². The van der Waals surface area contributed by atoms with Crippen molar-refractivity contribution in [1.29, 1.82) is 0 Å². The van der Waals surface area contributed by atoms with Crippen molar-refractivity contribution >= 4 is 21.4 Å². The maximum absolute atomic E-state index is 12.7. The molecule has 0 saturated carbocycles. The smallest absolute Gasteiger partial charge is 0.252 e. The van der Waals surface area contributed by atoms with Gasteiger partial charge in [-0.1, -0.05) is 13.8 Å². The molecule has 1 aliphatic rings. The average molecular weight is 357 g/mol. The third kappa shape index (κ3) is 3.32. The van der Waals surface area contributed by atoms with E-state index in [1.165, 1.54) is 15.6 Å². The molecule has 0 bridgehead atoms. The third-order valence-electron chi connectivity index (χ3n) is 3.56. The highest BCUT2D eigenvalue weighted by atomic mass is 32.2. The molecule has 1 aliphatic heterocycles. The summed E-state index contributed by atoms with van der Waals surface area (Å²) in [5.74, 6) is 0.974. The van der Waals surface area contributed by atoms with Crippen molar-refractivity contribution in [2.75, 3.05) is 19.7 Å². The maximum Gasteiger partial charge on any atom is 0.252 e. The Bertz CT molecular complexity index is 782. The molecule has 0 N–H and O–H groups in total. The van der Waals surface area contributed by atoms with Gasteiger partial charge in [-0.05, 0) is 19.1 Å². The Morgan fingerprint density at radius 2 is 2.13 bits per heavy atom. The Morgan fingerprint density at radius 3 is 2.74 bits per heavy atom. The van der Waals surface area contributed by atoms with Gasteiger partial charge in [-0.25, -0.2) is 8.42 Å². The largest absolute Gasteiger partial charge is 0.422 e. The van der Waals surface area contributed by atoms with Crippen LogP contribution in [0.3, 0.4) is 0 Å². The predicted octanol–water partition coefficient (Wildman–Crippen LogP) is 2.33. The molecule has 3 heterocycles. The molecular formula is C14H19N3O4S2. The molecule has 9 heteroatoms. The van der Waals surface area contributed by atoms with Gasteiger partial charge in [0.25, 0.3) is 10.0 Å². The second-order valence-corrected chi connectivity index (χ2v) is 9.17. The molecule has 1 unspecified atom stereocenters. The van der Waals surface area contributed by atoms with Crippen LogP contribution in [0.2, 0.25) is 0 Å². The Morgan fingerprint density at radius 1 is 1.35 bits per heavy atom. The van der Waals surface area contributed by atoms with Crippen molar-refractivity contribution in [3.05, 3.63) is 28.8 Å². The summed E-state index contributed by atoms with van der Waals surface area (Å²) in [7, 11) is -3.51. The molecule has 0 aromatic carbocycles. The lowest BCUT2D eigenvalue weighted by Crippen LogP contribution is -2.42. The summed E-state index contributed by atoms with van der Waals surface area (Å²) in [6.07, 6.45) is -0.528. The van der Waals surface area contributed by atoms with Gasteiger partial charge in [-0.15, -0.1) is 21.5 Å². The van der Waals surface area contributed by atoms with Gasteiger partial charge >= 0.3 is 0 Å². The first-order valence-corrected chi connectivity index (χ1v) is 9.65. The van der Waals surface area contributed by atoms with E-state index in [9.17, 15) is 8.42 Å². The number of sulfonamides is 1. The number of morpholine rings is 1. The van der Waals surface area contributed by atoms with Crippen LogP contribution in [-0.2, 0) is 14.8 Å². The number of aromatic nitrogens is 2. The fraction of sp³-hybridized carbons (Fsp3) is 0.571. The summed E-state index contributed by atoms with van der Waals surface area (Å²) in [4.78, 5) is 0.965. The van der Waals surface area contributed by atoms with Gasteiger partial charge in [-0.3, -0.25) is 0 Å². The van der Waals surface area contributed by atoms with Crippen LogP contribution in [0.15, 0.2) is 20.8 Å². The van der Waals surface area contributed by atoms with E-state index in [0.29, 0.717) is 29.1 Å². The molecule has 1 atom stereocenters. The molecule has 0 spiro atoms. The molecule has 0 aliphatic carbocycles. The standard InChI is InChI=1S/C14H19N3O4S2/c1-9(2)13-15-16-14(21-13)11-8-17(6-7-20-11)23(18,19)12-5-4-10(3)22-12/h4-5,9,11H,6-8H2,1-3H3. The zero-order chi connectivity index (χ0) is 16.6. The minimum Gasteiger partial charge on any atom is -0.422 e. The molecule has 126 valence electrons. The molecule has 2 aromatic rings. The lowest BCUT2D eigenvalue weighted by Gasteiger charge is -2.29.